The van der Waals surface area contributed by atoms with E-state index in [9.17, 15) is 4.79 Å². The quantitative estimate of drug-likeness (QED) is 0.688. The van der Waals surface area contributed by atoms with Gasteiger partial charge in [-0.25, -0.2) is 0 Å². The van der Waals surface area contributed by atoms with Crippen molar-refractivity contribution in [3.8, 4) is 11.5 Å². The number of hydrogen-bond acceptors (Lipinski definition) is 7. The van der Waals surface area contributed by atoms with Gasteiger partial charge in [-0.3, -0.25) is 10.1 Å². The average Bonchev–Trinajstić information content (AvgIpc) is 2.94. The van der Waals surface area contributed by atoms with Crippen molar-refractivity contribution in [3.05, 3.63) is 24.3 Å². The molecular weight excluding hydrogens is 310 g/mol. The van der Waals surface area contributed by atoms with Crippen LogP contribution in [-0.2, 0) is 4.79 Å². The van der Waals surface area contributed by atoms with Crippen LogP contribution in [0.3, 0.4) is 0 Å². The zero-order chi connectivity index (χ0) is 14.7. The average molecular weight is 323 g/mol. The summed E-state index contributed by atoms with van der Waals surface area (Å²) in [6.45, 7) is 2.22. The molecule has 2 heterocycles. The maximum Gasteiger partial charge on any atom is 0.270 e. The number of ether oxygens (including phenoxy) is 2. The molecule has 0 bridgehead atoms. The van der Waals surface area contributed by atoms with Gasteiger partial charge in [-0.1, -0.05) is 42.2 Å². The number of nitrogens with one attached hydrogen (secondary N) is 1. The van der Waals surface area contributed by atoms with Crippen molar-refractivity contribution >= 4 is 34.1 Å². The summed E-state index contributed by atoms with van der Waals surface area (Å²) in [5, 5.41) is 11.1. The fraction of sp³-hybridized carbons (Fsp3) is 0.308. The van der Waals surface area contributed by atoms with Crippen LogP contribution < -0.4 is 14.8 Å². The van der Waals surface area contributed by atoms with Gasteiger partial charge in [0.2, 0.25) is 11.2 Å². The topological polar surface area (TPSA) is 73.3 Å². The SMILES string of the molecule is CCSc1nnc(NC(=O)[C@@H]2COc3ccccc3O2)s1. The number of benzene rings is 1. The van der Waals surface area contributed by atoms with Crippen LogP contribution in [0.15, 0.2) is 28.6 Å². The van der Waals surface area contributed by atoms with Crippen molar-refractivity contribution < 1.29 is 14.3 Å². The number of rotatable bonds is 4. The van der Waals surface area contributed by atoms with Gasteiger partial charge in [0.1, 0.15) is 6.61 Å². The zero-order valence-electron chi connectivity index (χ0n) is 11.2. The molecule has 21 heavy (non-hydrogen) atoms. The lowest BCUT2D eigenvalue weighted by Crippen LogP contribution is -2.40. The predicted octanol–water partition coefficient (Wildman–Crippen LogP) is 2.43. The van der Waals surface area contributed by atoms with Crippen molar-refractivity contribution in [2.24, 2.45) is 0 Å². The minimum Gasteiger partial charge on any atom is -0.485 e. The number of carbonyl (C=O) groups excluding carboxylic acids is 1. The Hall–Kier alpha value is -1.80. The highest BCUT2D eigenvalue weighted by Crippen LogP contribution is 2.31. The monoisotopic (exact) mass is 323 g/mol. The number of thioether (sulfide) groups is 1. The van der Waals surface area contributed by atoms with Crippen LogP contribution in [0.1, 0.15) is 6.92 Å². The fourth-order valence-electron chi connectivity index (χ4n) is 1.78. The summed E-state index contributed by atoms with van der Waals surface area (Å²) in [6.07, 6.45) is -0.689. The van der Waals surface area contributed by atoms with Crippen molar-refractivity contribution in [3.63, 3.8) is 0 Å². The maximum atomic E-state index is 12.2. The second kappa shape index (κ2) is 6.31. The molecule has 0 saturated heterocycles. The second-order valence-corrected chi connectivity index (χ2v) is 6.65. The Morgan fingerprint density at radius 2 is 2.24 bits per heavy atom. The third-order valence-electron chi connectivity index (χ3n) is 2.71. The number of aromatic nitrogens is 2. The molecule has 0 fully saturated rings. The van der Waals surface area contributed by atoms with Gasteiger partial charge >= 0.3 is 0 Å². The van der Waals surface area contributed by atoms with Crippen LogP contribution in [0.2, 0.25) is 0 Å². The minimum atomic E-state index is -0.689. The highest BCUT2D eigenvalue weighted by atomic mass is 32.2. The van der Waals surface area contributed by atoms with Gasteiger partial charge in [0.15, 0.2) is 15.8 Å². The number of nitrogens with zero attached hydrogens (tertiary/aromatic N) is 2. The van der Waals surface area contributed by atoms with Gasteiger partial charge in [-0.2, -0.15) is 0 Å². The number of para-hydroxylation sites is 2. The highest BCUT2D eigenvalue weighted by molar-refractivity contribution is 8.01. The minimum absolute atomic E-state index is 0.179. The fourth-order valence-corrected chi connectivity index (χ4v) is 3.43. The summed E-state index contributed by atoms with van der Waals surface area (Å²) in [5.41, 5.74) is 0. The largest absolute Gasteiger partial charge is 0.485 e. The normalized spacial score (nSPS) is 16.5. The first kappa shape index (κ1) is 14.2. The molecule has 1 aromatic carbocycles. The molecule has 0 radical (unpaired) electrons. The van der Waals surface area contributed by atoms with Gasteiger partial charge in [-0.05, 0) is 17.9 Å². The molecule has 0 spiro atoms. The van der Waals surface area contributed by atoms with Gasteiger partial charge in [-0.15, -0.1) is 10.2 Å². The van der Waals surface area contributed by atoms with Crippen LogP contribution in [-0.4, -0.2) is 34.6 Å². The molecule has 1 N–H and O–H groups in total. The Balaban J connectivity index is 1.63. The van der Waals surface area contributed by atoms with E-state index in [2.05, 4.69) is 15.5 Å². The molecule has 110 valence electrons. The molecular formula is C13H13N3O3S2. The molecule has 3 rings (SSSR count). The Bertz CT molecular complexity index is 647. The van der Waals surface area contributed by atoms with Gasteiger partial charge < -0.3 is 9.47 Å². The van der Waals surface area contributed by atoms with E-state index >= 15 is 0 Å². The van der Waals surface area contributed by atoms with Crippen LogP contribution >= 0.6 is 23.1 Å². The van der Waals surface area contributed by atoms with E-state index in [-0.39, 0.29) is 12.5 Å². The number of anilines is 1. The van der Waals surface area contributed by atoms with Crippen LogP contribution in [0.5, 0.6) is 11.5 Å². The number of hydrogen-bond donors (Lipinski definition) is 1. The highest BCUT2D eigenvalue weighted by Gasteiger charge is 2.28. The van der Waals surface area contributed by atoms with E-state index in [1.807, 2.05) is 25.1 Å². The van der Waals surface area contributed by atoms with E-state index in [0.29, 0.717) is 16.6 Å². The number of carbonyl (C=O) groups is 1. The standard InChI is InChI=1S/C13H13N3O3S2/c1-2-20-13-16-15-12(21-13)14-11(17)10-7-18-8-5-3-4-6-9(8)19-10/h3-6,10H,2,7H2,1H3,(H,14,15,17)/t10-/m0/s1. The van der Waals surface area contributed by atoms with E-state index in [0.717, 1.165) is 10.1 Å². The smallest absolute Gasteiger partial charge is 0.270 e. The van der Waals surface area contributed by atoms with Gasteiger partial charge in [0.05, 0.1) is 0 Å². The molecule has 0 unspecified atom stereocenters. The first-order valence-electron chi connectivity index (χ1n) is 6.42. The molecule has 8 heteroatoms. The van der Waals surface area contributed by atoms with E-state index in [1.165, 1.54) is 11.3 Å². The van der Waals surface area contributed by atoms with E-state index in [4.69, 9.17) is 9.47 Å². The first-order chi connectivity index (χ1) is 10.3. The van der Waals surface area contributed by atoms with Crippen LogP contribution in [0.25, 0.3) is 0 Å². The molecule has 1 atom stereocenters. The molecule has 1 aliphatic rings. The lowest BCUT2D eigenvalue weighted by atomic mass is 10.2. The summed E-state index contributed by atoms with van der Waals surface area (Å²) in [7, 11) is 0. The van der Waals surface area contributed by atoms with Gasteiger partial charge in [0, 0.05) is 0 Å². The lowest BCUT2D eigenvalue weighted by molar-refractivity contribution is -0.125. The summed E-state index contributed by atoms with van der Waals surface area (Å²) >= 11 is 2.93. The van der Waals surface area contributed by atoms with Crippen LogP contribution in [0.4, 0.5) is 5.13 Å². The first-order valence-corrected chi connectivity index (χ1v) is 8.22. The Morgan fingerprint density at radius 1 is 1.43 bits per heavy atom. The van der Waals surface area contributed by atoms with Crippen molar-refractivity contribution in [1.82, 2.24) is 10.2 Å². The summed E-state index contributed by atoms with van der Waals surface area (Å²) in [6, 6.07) is 7.27. The van der Waals surface area contributed by atoms with Crippen molar-refractivity contribution in [2.45, 2.75) is 17.4 Å². The summed E-state index contributed by atoms with van der Waals surface area (Å²) in [5.74, 6) is 1.86. The van der Waals surface area contributed by atoms with Gasteiger partial charge in [0.25, 0.3) is 5.91 Å². The van der Waals surface area contributed by atoms with E-state index < -0.39 is 6.10 Å². The molecule has 6 nitrogen and oxygen atoms in total. The molecule has 2 aromatic rings. The van der Waals surface area contributed by atoms with E-state index in [1.54, 1.807) is 17.8 Å². The Labute approximate surface area is 129 Å². The second-order valence-electron chi connectivity index (χ2n) is 4.16. The lowest BCUT2D eigenvalue weighted by Gasteiger charge is -2.25. The molecule has 1 aliphatic heterocycles. The summed E-state index contributed by atoms with van der Waals surface area (Å²) in [4.78, 5) is 12.2. The van der Waals surface area contributed by atoms with Crippen molar-refractivity contribution in [1.29, 1.82) is 0 Å². The third kappa shape index (κ3) is 3.27. The Kier molecular flexibility index (Phi) is 4.26. The maximum absolute atomic E-state index is 12.2. The molecule has 1 amide bonds. The molecule has 0 aliphatic carbocycles. The third-order valence-corrected chi connectivity index (χ3v) is 4.56. The predicted molar refractivity (Wildman–Crippen MR) is 81.3 cm³/mol. The number of fused-ring (bicyclic) bond motifs is 1. The molecule has 0 saturated carbocycles. The van der Waals surface area contributed by atoms with Crippen molar-refractivity contribution in [2.75, 3.05) is 17.7 Å². The zero-order valence-corrected chi connectivity index (χ0v) is 12.9. The Morgan fingerprint density at radius 3 is 3.05 bits per heavy atom. The summed E-state index contributed by atoms with van der Waals surface area (Å²) < 4.78 is 12.0. The van der Waals surface area contributed by atoms with Crippen LogP contribution in [0, 0.1) is 0 Å². The molecule has 1 aromatic heterocycles. The number of amides is 1.